The van der Waals surface area contributed by atoms with Crippen LogP contribution in [0.1, 0.15) is 36.6 Å². The van der Waals surface area contributed by atoms with E-state index in [1.807, 2.05) is 11.3 Å². The van der Waals surface area contributed by atoms with Gasteiger partial charge in [0, 0.05) is 23.4 Å². The second kappa shape index (κ2) is 6.06. The normalized spacial score (nSPS) is 21.3. The van der Waals surface area contributed by atoms with Crippen molar-refractivity contribution in [1.29, 1.82) is 0 Å². The molecule has 0 aromatic carbocycles. The van der Waals surface area contributed by atoms with Crippen molar-refractivity contribution in [3.05, 3.63) is 16.8 Å². The van der Waals surface area contributed by atoms with Gasteiger partial charge in [-0.2, -0.15) is 0 Å². The molecule has 0 N–H and O–H groups in total. The SMILES string of the molecule is C[C@H]1CCc2c(sc3ncnc(SC(=S)N4CCCC4)c23)C1. The molecule has 1 atom stereocenters. The Balaban J connectivity index is 1.70. The highest BCUT2D eigenvalue weighted by Gasteiger charge is 2.24. The van der Waals surface area contributed by atoms with E-state index in [1.54, 1.807) is 18.1 Å². The van der Waals surface area contributed by atoms with Gasteiger partial charge in [0.1, 0.15) is 20.5 Å². The molecule has 2 aliphatic rings. The molecule has 1 aliphatic heterocycles. The van der Waals surface area contributed by atoms with Gasteiger partial charge in [0.2, 0.25) is 0 Å². The van der Waals surface area contributed by atoms with Gasteiger partial charge in [-0.05, 0) is 55.3 Å². The van der Waals surface area contributed by atoms with Gasteiger partial charge in [-0.25, -0.2) is 9.97 Å². The van der Waals surface area contributed by atoms with Crippen molar-refractivity contribution < 1.29 is 0 Å². The lowest BCUT2D eigenvalue weighted by molar-refractivity contribution is 0.509. The van der Waals surface area contributed by atoms with E-state index in [1.165, 1.54) is 41.5 Å². The molecule has 0 amide bonds. The minimum atomic E-state index is 0.787. The molecule has 2 aromatic heterocycles. The van der Waals surface area contributed by atoms with Crippen LogP contribution in [0.25, 0.3) is 10.2 Å². The number of likely N-dealkylation sites (tertiary alicyclic amines) is 1. The smallest absolute Gasteiger partial charge is 0.142 e. The summed E-state index contributed by atoms with van der Waals surface area (Å²) < 4.78 is 0.974. The Labute approximate surface area is 144 Å². The number of aryl methyl sites for hydroxylation is 1. The summed E-state index contributed by atoms with van der Waals surface area (Å²) in [6.07, 6.45) is 7.83. The van der Waals surface area contributed by atoms with Crippen LogP contribution < -0.4 is 0 Å². The van der Waals surface area contributed by atoms with Crippen LogP contribution in [-0.4, -0.2) is 32.3 Å². The zero-order chi connectivity index (χ0) is 15.1. The van der Waals surface area contributed by atoms with E-state index in [0.29, 0.717) is 0 Å². The third kappa shape index (κ3) is 2.65. The van der Waals surface area contributed by atoms with E-state index in [4.69, 9.17) is 12.2 Å². The summed E-state index contributed by atoms with van der Waals surface area (Å²) in [5.74, 6) is 0.787. The molecule has 6 heteroatoms. The third-order valence-electron chi connectivity index (χ3n) is 4.61. The van der Waals surface area contributed by atoms with Crippen molar-refractivity contribution in [2.45, 2.75) is 44.1 Å². The van der Waals surface area contributed by atoms with Gasteiger partial charge in [0.05, 0.1) is 0 Å². The van der Waals surface area contributed by atoms with Crippen LogP contribution in [-0.2, 0) is 12.8 Å². The maximum Gasteiger partial charge on any atom is 0.142 e. The molecule has 1 saturated heterocycles. The van der Waals surface area contributed by atoms with E-state index in [2.05, 4.69) is 21.8 Å². The lowest BCUT2D eigenvalue weighted by Gasteiger charge is -2.19. The zero-order valence-electron chi connectivity index (χ0n) is 12.7. The molecule has 3 heterocycles. The second-order valence-electron chi connectivity index (χ2n) is 6.27. The highest BCUT2D eigenvalue weighted by Crippen LogP contribution is 2.41. The van der Waals surface area contributed by atoms with Gasteiger partial charge < -0.3 is 4.90 Å². The van der Waals surface area contributed by atoms with Crippen molar-refractivity contribution in [1.82, 2.24) is 14.9 Å². The van der Waals surface area contributed by atoms with Crippen molar-refractivity contribution in [3.63, 3.8) is 0 Å². The summed E-state index contributed by atoms with van der Waals surface area (Å²) in [5, 5.41) is 2.34. The Morgan fingerprint density at radius 1 is 1.36 bits per heavy atom. The number of fused-ring (bicyclic) bond motifs is 3. The lowest BCUT2D eigenvalue weighted by Crippen LogP contribution is -2.23. The third-order valence-corrected chi connectivity index (χ3v) is 7.21. The first kappa shape index (κ1) is 14.8. The van der Waals surface area contributed by atoms with E-state index in [0.717, 1.165) is 39.6 Å². The number of nitrogens with zero attached hydrogens (tertiary/aromatic N) is 3. The second-order valence-corrected chi connectivity index (χ2v) is 8.98. The minimum absolute atomic E-state index is 0.787. The maximum absolute atomic E-state index is 5.64. The number of thioether (sulfide) groups is 1. The maximum atomic E-state index is 5.64. The summed E-state index contributed by atoms with van der Waals surface area (Å²) in [6.45, 7) is 4.54. The molecular weight excluding hydrogens is 330 g/mol. The molecule has 2 aromatic rings. The van der Waals surface area contributed by atoms with Gasteiger partial charge in [-0.1, -0.05) is 19.1 Å². The molecule has 22 heavy (non-hydrogen) atoms. The number of thiocarbonyl (C=S) groups is 1. The summed E-state index contributed by atoms with van der Waals surface area (Å²) in [5.41, 5.74) is 1.49. The van der Waals surface area contributed by atoms with Crippen molar-refractivity contribution >= 4 is 49.9 Å². The molecule has 1 aliphatic carbocycles. The van der Waals surface area contributed by atoms with Crippen molar-refractivity contribution in [2.75, 3.05) is 13.1 Å². The Bertz CT molecular complexity index is 719. The fourth-order valence-corrected chi connectivity index (χ4v) is 6.10. The van der Waals surface area contributed by atoms with Crippen LogP contribution in [0.5, 0.6) is 0 Å². The number of hydrogen-bond donors (Lipinski definition) is 0. The minimum Gasteiger partial charge on any atom is -0.357 e. The molecule has 0 radical (unpaired) electrons. The van der Waals surface area contributed by atoms with E-state index >= 15 is 0 Å². The standard InChI is InChI=1S/C16H19N3S3/c1-10-4-5-11-12(8-10)21-14-13(11)15(18-9-17-14)22-16(20)19-6-2-3-7-19/h9-10H,2-8H2,1H3/t10-/m0/s1. The average molecular weight is 350 g/mol. The number of aromatic nitrogens is 2. The summed E-state index contributed by atoms with van der Waals surface area (Å²) in [6, 6.07) is 0. The Hall–Kier alpha value is -0.720. The highest BCUT2D eigenvalue weighted by molar-refractivity contribution is 8.23. The van der Waals surface area contributed by atoms with Crippen LogP contribution >= 0.6 is 35.3 Å². The first-order chi connectivity index (χ1) is 10.7. The van der Waals surface area contributed by atoms with Crippen molar-refractivity contribution in [2.24, 2.45) is 5.92 Å². The predicted octanol–water partition coefficient (Wildman–Crippen LogP) is 4.29. The van der Waals surface area contributed by atoms with E-state index < -0.39 is 0 Å². The highest BCUT2D eigenvalue weighted by atomic mass is 32.2. The molecule has 116 valence electrons. The van der Waals surface area contributed by atoms with Crippen LogP contribution in [0, 0.1) is 5.92 Å². The van der Waals surface area contributed by atoms with E-state index in [-0.39, 0.29) is 0 Å². The Morgan fingerprint density at radius 3 is 3.00 bits per heavy atom. The van der Waals surface area contributed by atoms with Gasteiger partial charge in [-0.15, -0.1) is 11.3 Å². The fraction of sp³-hybridized carbons (Fsp3) is 0.562. The topological polar surface area (TPSA) is 29.0 Å². The van der Waals surface area contributed by atoms with E-state index in [9.17, 15) is 0 Å². The summed E-state index contributed by atoms with van der Waals surface area (Å²) >= 11 is 9.16. The van der Waals surface area contributed by atoms with Crippen LogP contribution in [0.4, 0.5) is 0 Å². The molecule has 0 unspecified atom stereocenters. The largest absolute Gasteiger partial charge is 0.357 e. The number of hydrogen-bond acceptors (Lipinski definition) is 5. The predicted molar refractivity (Wildman–Crippen MR) is 97.9 cm³/mol. The van der Waals surface area contributed by atoms with Gasteiger partial charge in [0.15, 0.2) is 0 Å². The van der Waals surface area contributed by atoms with Gasteiger partial charge >= 0.3 is 0 Å². The molecule has 4 rings (SSSR count). The summed E-state index contributed by atoms with van der Waals surface area (Å²) in [4.78, 5) is 14.0. The number of rotatable bonds is 1. The zero-order valence-corrected chi connectivity index (χ0v) is 15.1. The average Bonchev–Trinajstić information content (AvgIpc) is 3.14. The first-order valence-corrected chi connectivity index (χ1v) is 9.98. The van der Waals surface area contributed by atoms with Crippen molar-refractivity contribution in [3.8, 4) is 0 Å². The van der Waals surface area contributed by atoms with Gasteiger partial charge in [-0.3, -0.25) is 0 Å². The molecule has 0 saturated carbocycles. The molecule has 0 bridgehead atoms. The molecule has 3 nitrogen and oxygen atoms in total. The molecular formula is C16H19N3S3. The fourth-order valence-electron chi connectivity index (χ4n) is 3.37. The van der Waals surface area contributed by atoms with Crippen LogP contribution in [0.15, 0.2) is 11.4 Å². The Morgan fingerprint density at radius 2 is 2.18 bits per heavy atom. The van der Waals surface area contributed by atoms with Crippen LogP contribution in [0.3, 0.4) is 0 Å². The summed E-state index contributed by atoms with van der Waals surface area (Å²) in [7, 11) is 0. The van der Waals surface area contributed by atoms with Crippen LogP contribution in [0.2, 0.25) is 0 Å². The number of thiophene rings is 1. The Kier molecular flexibility index (Phi) is 4.09. The van der Waals surface area contributed by atoms with Gasteiger partial charge in [0.25, 0.3) is 0 Å². The quantitative estimate of drug-likeness (QED) is 0.435. The lowest BCUT2D eigenvalue weighted by atomic mass is 9.89. The monoisotopic (exact) mass is 349 g/mol. The first-order valence-electron chi connectivity index (χ1n) is 7.94. The molecule has 0 spiro atoms. The molecule has 1 fully saturated rings.